The summed E-state index contributed by atoms with van der Waals surface area (Å²) in [4.78, 5) is 8.96. The van der Waals surface area contributed by atoms with Crippen molar-refractivity contribution < 1.29 is 13.2 Å². The molecule has 1 aliphatic rings. The summed E-state index contributed by atoms with van der Waals surface area (Å²) in [5.74, 6) is 1.24. The van der Waals surface area contributed by atoms with Crippen LogP contribution in [-0.2, 0) is 9.84 Å². The Morgan fingerprint density at radius 1 is 1.19 bits per heavy atom. The van der Waals surface area contributed by atoms with Crippen LogP contribution < -0.4 is 15.4 Å². The van der Waals surface area contributed by atoms with Crippen molar-refractivity contribution >= 4 is 21.4 Å². The molecule has 0 radical (unpaired) electrons. The molecular weight excluding hydrogens is 428 g/mol. The van der Waals surface area contributed by atoms with Crippen LogP contribution in [0.15, 0.2) is 35.6 Å². The van der Waals surface area contributed by atoms with Gasteiger partial charge in [-0.3, -0.25) is 0 Å². The average Bonchev–Trinajstić information content (AvgIpc) is 3.24. The highest BCUT2D eigenvalue weighted by atomic mass is 32.2. The number of methoxy groups -OCH3 is 1. The van der Waals surface area contributed by atoms with Gasteiger partial charge >= 0.3 is 0 Å². The molecule has 2 aromatic heterocycles. The van der Waals surface area contributed by atoms with Crippen molar-refractivity contribution in [2.75, 3.05) is 25.5 Å². The van der Waals surface area contributed by atoms with Gasteiger partial charge in [-0.2, -0.15) is 19.6 Å². The second kappa shape index (κ2) is 9.03. The molecule has 1 aromatic carbocycles. The number of nitrogens with one attached hydrogen (secondary N) is 2. The molecule has 1 fully saturated rings. The number of hydrogen-bond acceptors (Lipinski definition) is 8. The smallest absolute Gasteiger partial charge is 0.252 e. The highest BCUT2D eigenvalue weighted by Gasteiger charge is 2.33. The number of aromatic nitrogens is 4. The van der Waals surface area contributed by atoms with Crippen molar-refractivity contribution in [3.8, 4) is 5.75 Å². The second-order valence-corrected chi connectivity index (χ2v) is 10.6. The van der Waals surface area contributed by atoms with Crippen molar-refractivity contribution in [1.82, 2.24) is 24.9 Å². The molecule has 2 N–H and O–H groups in total. The molecule has 1 unspecified atom stereocenters. The topological polar surface area (TPSA) is 111 Å². The van der Waals surface area contributed by atoms with Crippen LogP contribution in [-0.4, -0.2) is 53.4 Å². The molecule has 3 heterocycles. The summed E-state index contributed by atoms with van der Waals surface area (Å²) >= 11 is 0. The average molecular weight is 459 g/mol. The van der Waals surface area contributed by atoms with E-state index in [2.05, 4.69) is 25.7 Å². The maximum absolute atomic E-state index is 13.4. The minimum atomic E-state index is -3.67. The van der Waals surface area contributed by atoms with E-state index in [1.807, 2.05) is 45.0 Å². The third-order valence-electron chi connectivity index (χ3n) is 5.92. The number of benzene rings is 1. The Morgan fingerprint density at radius 2 is 1.94 bits per heavy atom. The molecule has 172 valence electrons. The van der Waals surface area contributed by atoms with Crippen molar-refractivity contribution in [3.63, 3.8) is 0 Å². The number of piperidine rings is 1. The zero-order valence-corrected chi connectivity index (χ0v) is 19.7. The molecule has 4 rings (SSSR count). The molecule has 9 nitrogen and oxygen atoms in total. The first-order chi connectivity index (χ1) is 15.3. The van der Waals surface area contributed by atoms with Crippen LogP contribution in [0.1, 0.15) is 56.7 Å². The molecule has 3 aromatic rings. The summed E-state index contributed by atoms with van der Waals surface area (Å²) < 4.78 is 33.7. The van der Waals surface area contributed by atoms with Crippen LogP contribution in [0.4, 0.5) is 5.95 Å². The van der Waals surface area contributed by atoms with E-state index in [1.165, 1.54) is 0 Å². The summed E-state index contributed by atoms with van der Waals surface area (Å²) in [6.45, 7) is 7.40. The summed E-state index contributed by atoms with van der Waals surface area (Å²) in [6.07, 6.45) is 2.84. The third kappa shape index (κ3) is 4.29. The minimum Gasteiger partial charge on any atom is -0.497 e. The van der Waals surface area contributed by atoms with E-state index in [-0.39, 0.29) is 17.1 Å². The lowest BCUT2D eigenvalue weighted by Gasteiger charge is -2.22. The highest BCUT2D eigenvalue weighted by Crippen LogP contribution is 2.27. The van der Waals surface area contributed by atoms with E-state index in [4.69, 9.17) is 4.74 Å². The fourth-order valence-corrected chi connectivity index (χ4v) is 5.53. The first kappa shape index (κ1) is 22.5. The SMILES string of the molecule is COc1cccc(C(C)Nc2nc(S(=O)(=O)C3CCNCC3)nc3c(C(C)C)cnn23)c1. The van der Waals surface area contributed by atoms with Gasteiger partial charge in [0.1, 0.15) is 5.75 Å². The lowest BCUT2D eigenvalue weighted by atomic mass is 10.1. The lowest BCUT2D eigenvalue weighted by Crippen LogP contribution is -2.36. The van der Waals surface area contributed by atoms with Crippen LogP contribution in [0.5, 0.6) is 5.75 Å². The molecule has 1 aliphatic heterocycles. The lowest BCUT2D eigenvalue weighted by molar-refractivity contribution is 0.414. The van der Waals surface area contributed by atoms with E-state index in [9.17, 15) is 8.42 Å². The van der Waals surface area contributed by atoms with Gasteiger partial charge in [-0.1, -0.05) is 26.0 Å². The summed E-state index contributed by atoms with van der Waals surface area (Å²) in [6, 6.07) is 7.55. The molecule has 0 bridgehead atoms. The van der Waals surface area contributed by atoms with E-state index in [0.29, 0.717) is 37.5 Å². The number of nitrogens with zero attached hydrogens (tertiary/aromatic N) is 4. The van der Waals surface area contributed by atoms with E-state index in [1.54, 1.807) is 17.8 Å². The number of fused-ring (bicyclic) bond motifs is 1. The van der Waals surface area contributed by atoms with Crippen molar-refractivity contribution in [3.05, 3.63) is 41.6 Å². The van der Waals surface area contributed by atoms with Gasteiger partial charge in [0.15, 0.2) is 5.65 Å². The van der Waals surface area contributed by atoms with Gasteiger partial charge in [-0.05, 0) is 56.5 Å². The molecule has 0 saturated carbocycles. The van der Waals surface area contributed by atoms with Gasteiger partial charge in [0.2, 0.25) is 15.8 Å². The normalized spacial score (nSPS) is 16.4. The Morgan fingerprint density at radius 3 is 2.62 bits per heavy atom. The third-order valence-corrected chi connectivity index (χ3v) is 7.96. The molecule has 0 amide bonds. The summed E-state index contributed by atoms with van der Waals surface area (Å²) in [7, 11) is -2.05. The van der Waals surface area contributed by atoms with Gasteiger partial charge in [0.05, 0.1) is 24.6 Å². The Bertz CT molecular complexity index is 1200. The van der Waals surface area contributed by atoms with Gasteiger partial charge in [0, 0.05) is 5.56 Å². The van der Waals surface area contributed by atoms with Crippen LogP contribution in [0.3, 0.4) is 0 Å². The number of sulfone groups is 1. The first-order valence-corrected chi connectivity index (χ1v) is 12.5. The van der Waals surface area contributed by atoms with Gasteiger partial charge in [-0.15, -0.1) is 0 Å². The maximum atomic E-state index is 13.4. The van der Waals surface area contributed by atoms with Crippen molar-refractivity contribution in [2.45, 2.75) is 56.0 Å². The predicted octanol–water partition coefficient (Wildman–Crippen LogP) is 2.96. The largest absolute Gasteiger partial charge is 0.497 e. The number of hydrogen-bond donors (Lipinski definition) is 2. The number of anilines is 1. The fourth-order valence-electron chi connectivity index (χ4n) is 3.95. The first-order valence-electron chi connectivity index (χ1n) is 10.9. The van der Waals surface area contributed by atoms with Crippen molar-refractivity contribution in [2.24, 2.45) is 0 Å². The van der Waals surface area contributed by atoms with E-state index < -0.39 is 15.1 Å². The Balaban J connectivity index is 1.78. The molecule has 1 saturated heterocycles. The molecular formula is C22H30N6O3S. The number of ether oxygens (including phenoxy) is 1. The van der Waals surface area contributed by atoms with E-state index >= 15 is 0 Å². The standard InChI is InChI=1S/C22H30N6O3S/c1-14(2)19-13-24-28-20(19)26-22(32(29,30)18-8-10-23-11-9-18)27-21(28)25-15(3)16-6-5-7-17(12-16)31-4/h5-7,12-15,18,23H,8-11H2,1-4H3,(H,25,26,27). The summed E-state index contributed by atoms with van der Waals surface area (Å²) in [5, 5.41) is 10.4. The highest BCUT2D eigenvalue weighted by molar-refractivity contribution is 7.91. The van der Waals surface area contributed by atoms with Crippen LogP contribution in [0.25, 0.3) is 5.65 Å². The van der Waals surface area contributed by atoms with E-state index in [0.717, 1.165) is 16.9 Å². The van der Waals surface area contributed by atoms with Gasteiger partial charge in [0.25, 0.3) is 5.16 Å². The monoisotopic (exact) mass is 458 g/mol. The molecule has 0 aliphatic carbocycles. The minimum absolute atomic E-state index is 0.139. The van der Waals surface area contributed by atoms with Crippen LogP contribution in [0, 0.1) is 0 Å². The van der Waals surface area contributed by atoms with Crippen LogP contribution in [0.2, 0.25) is 0 Å². The predicted molar refractivity (Wildman–Crippen MR) is 123 cm³/mol. The van der Waals surface area contributed by atoms with Gasteiger partial charge in [-0.25, -0.2) is 8.42 Å². The Hall–Kier alpha value is -2.72. The quantitative estimate of drug-likeness (QED) is 0.556. The Kier molecular flexibility index (Phi) is 6.34. The van der Waals surface area contributed by atoms with Crippen LogP contribution >= 0.6 is 0 Å². The second-order valence-electron chi connectivity index (χ2n) is 8.46. The zero-order chi connectivity index (χ0) is 22.9. The number of rotatable bonds is 7. The molecule has 1 atom stereocenters. The Labute approximate surface area is 188 Å². The molecule has 32 heavy (non-hydrogen) atoms. The maximum Gasteiger partial charge on any atom is 0.252 e. The van der Waals surface area contributed by atoms with Crippen molar-refractivity contribution in [1.29, 1.82) is 0 Å². The molecule has 10 heteroatoms. The molecule has 0 spiro atoms. The summed E-state index contributed by atoms with van der Waals surface area (Å²) in [5.41, 5.74) is 2.38. The zero-order valence-electron chi connectivity index (χ0n) is 18.9. The van der Waals surface area contributed by atoms with Gasteiger partial charge < -0.3 is 15.4 Å². The fraction of sp³-hybridized carbons (Fsp3) is 0.500.